The van der Waals surface area contributed by atoms with Gasteiger partial charge in [0.15, 0.2) is 0 Å². The molecule has 0 saturated heterocycles. The van der Waals surface area contributed by atoms with Gasteiger partial charge in [0.2, 0.25) is 0 Å². The molecule has 4 aromatic carbocycles. The average Bonchev–Trinajstić information content (AvgIpc) is 2.94. The van der Waals surface area contributed by atoms with Crippen molar-refractivity contribution in [2.24, 2.45) is 0 Å². The maximum absolute atomic E-state index is 6.42. The highest BCUT2D eigenvalue weighted by Gasteiger charge is 2.19. The summed E-state index contributed by atoms with van der Waals surface area (Å²) in [7, 11) is 0. The fourth-order valence-electron chi connectivity index (χ4n) is 5.04. The molecule has 0 amide bonds. The minimum Gasteiger partial charge on any atom is -0.398 e. The standard InChI is InChI=1S/C42H48N6/c1-40(2,3)28-19-34(43)31(35(44)20-28)13-10-25-16-26(11-14-32-36(45)21-29(22-37(32)46)41(4,5)6)18-27(17-25)12-15-33-38(47)23-30(24-39(33)48)42(7,8)9/h16-24H,43-48H2,1-9H3. The Balaban J connectivity index is 1.85. The van der Waals surface area contributed by atoms with Crippen LogP contribution in [0.5, 0.6) is 0 Å². The molecular weight excluding hydrogens is 589 g/mol. The van der Waals surface area contributed by atoms with Gasteiger partial charge in [-0.1, -0.05) is 97.8 Å². The van der Waals surface area contributed by atoms with Gasteiger partial charge in [-0.15, -0.1) is 0 Å². The molecule has 4 aromatic rings. The largest absolute Gasteiger partial charge is 0.398 e. The molecule has 0 unspecified atom stereocenters. The molecule has 0 atom stereocenters. The van der Waals surface area contributed by atoms with E-state index in [-0.39, 0.29) is 16.2 Å². The van der Waals surface area contributed by atoms with Gasteiger partial charge in [-0.2, -0.15) is 0 Å². The van der Waals surface area contributed by atoms with E-state index in [2.05, 4.69) is 97.8 Å². The predicted molar refractivity (Wildman–Crippen MR) is 206 cm³/mol. The summed E-state index contributed by atoms with van der Waals surface area (Å²) in [5.74, 6) is 19.2. The van der Waals surface area contributed by atoms with E-state index < -0.39 is 0 Å². The van der Waals surface area contributed by atoms with Gasteiger partial charge in [0, 0.05) is 50.8 Å². The molecule has 0 aliphatic heterocycles. The van der Waals surface area contributed by atoms with Crippen LogP contribution in [0.4, 0.5) is 34.1 Å². The summed E-state index contributed by atoms with van der Waals surface area (Å²) in [6.45, 7) is 19.0. The molecule has 12 N–H and O–H groups in total. The Morgan fingerprint density at radius 2 is 0.500 bits per heavy atom. The molecule has 0 heterocycles. The lowest BCUT2D eigenvalue weighted by molar-refractivity contribution is 0.590. The molecule has 48 heavy (non-hydrogen) atoms. The summed E-state index contributed by atoms with van der Waals surface area (Å²) in [6.07, 6.45) is 0. The topological polar surface area (TPSA) is 156 Å². The van der Waals surface area contributed by atoms with Crippen LogP contribution in [-0.4, -0.2) is 0 Å². The third-order valence-corrected chi connectivity index (χ3v) is 8.12. The smallest absolute Gasteiger partial charge is 0.0708 e. The Labute approximate surface area is 286 Å². The van der Waals surface area contributed by atoms with Crippen LogP contribution in [0.2, 0.25) is 0 Å². The molecule has 6 nitrogen and oxygen atoms in total. The van der Waals surface area contributed by atoms with Crippen molar-refractivity contribution < 1.29 is 0 Å². The van der Waals surface area contributed by atoms with Crippen molar-refractivity contribution in [1.29, 1.82) is 0 Å². The van der Waals surface area contributed by atoms with Gasteiger partial charge >= 0.3 is 0 Å². The molecule has 0 aromatic heterocycles. The first-order chi connectivity index (χ1) is 22.1. The summed E-state index contributed by atoms with van der Waals surface area (Å²) < 4.78 is 0. The minimum absolute atomic E-state index is 0.103. The van der Waals surface area contributed by atoms with E-state index in [0.717, 1.165) is 16.7 Å². The fraction of sp³-hybridized carbons (Fsp3) is 0.286. The Morgan fingerprint density at radius 3 is 0.667 bits per heavy atom. The van der Waals surface area contributed by atoms with Gasteiger partial charge < -0.3 is 34.4 Å². The van der Waals surface area contributed by atoms with E-state index in [1.807, 2.05) is 54.6 Å². The van der Waals surface area contributed by atoms with Gasteiger partial charge in [0.05, 0.1) is 16.7 Å². The van der Waals surface area contributed by atoms with Crippen LogP contribution in [0.25, 0.3) is 0 Å². The van der Waals surface area contributed by atoms with Crippen LogP contribution in [0.15, 0.2) is 54.6 Å². The number of benzene rings is 4. The first-order valence-corrected chi connectivity index (χ1v) is 15.9. The van der Waals surface area contributed by atoms with Gasteiger partial charge in [-0.25, -0.2) is 0 Å². The number of nitrogen functional groups attached to an aromatic ring is 6. The van der Waals surface area contributed by atoms with Crippen LogP contribution >= 0.6 is 0 Å². The number of hydrogen-bond donors (Lipinski definition) is 6. The average molecular weight is 637 g/mol. The second-order valence-corrected chi connectivity index (χ2v) is 15.4. The molecule has 0 bridgehead atoms. The van der Waals surface area contributed by atoms with Crippen molar-refractivity contribution in [2.45, 2.75) is 78.6 Å². The Bertz CT molecular complexity index is 1780. The Morgan fingerprint density at radius 1 is 0.312 bits per heavy atom. The van der Waals surface area contributed by atoms with E-state index in [0.29, 0.717) is 67.5 Å². The van der Waals surface area contributed by atoms with Crippen LogP contribution in [0.3, 0.4) is 0 Å². The minimum atomic E-state index is -0.103. The van der Waals surface area contributed by atoms with E-state index in [9.17, 15) is 0 Å². The van der Waals surface area contributed by atoms with Crippen LogP contribution < -0.4 is 34.4 Å². The third kappa shape index (κ3) is 8.19. The quantitative estimate of drug-likeness (QED) is 0.0880. The van der Waals surface area contributed by atoms with Crippen molar-refractivity contribution in [3.05, 3.63) is 105 Å². The third-order valence-electron chi connectivity index (χ3n) is 8.12. The monoisotopic (exact) mass is 636 g/mol. The highest BCUT2D eigenvalue weighted by molar-refractivity contribution is 5.74. The molecule has 0 spiro atoms. The molecule has 246 valence electrons. The van der Waals surface area contributed by atoms with Crippen molar-refractivity contribution in [1.82, 2.24) is 0 Å². The highest BCUT2D eigenvalue weighted by Crippen LogP contribution is 2.32. The second kappa shape index (κ2) is 12.9. The Hall–Kier alpha value is -5.64. The lowest BCUT2D eigenvalue weighted by Gasteiger charge is -2.20. The van der Waals surface area contributed by atoms with E-state index >= 15 is 0 Å². The van der Waals surface area contributed by atoms with Gasteiger partial charge in [0.25, 0.3) is 0 Å². The normalized spacial score (nSPS) is 11.4. The van der Waals surface area contributed by atoms with E-state index in [1.165, 1.54) is 0 Å². The van der Waals surface area contributed by atoms with Gasteiger partial charge in [-0.3, -0.25) is 0 Å². The molecule has 0 aliphatic rings. The fourth-order valence-corrected chi connectivity index (χ4v) is 5.04. The summed E-state index contributed by atoms with van der Waals surface area (Å²) in [4.78, 5) is 0. The van der Waals surface area contributed by atoms with Crippen LogP contribution in [-0.2, 0) is 16.2 Å². The molecule has 0 fully saturated rings. The second-order valence-electron chi connectivity index (χ2n) is 15.4. The predicted octanol–water partition coefficient (Wildman–Crippen LogP) is 7.27. The van der Waals surface area contributed by atoms with Crippen LogP contribution in [0.1, 0.15) is 112 Å². The number of hydrogen-bond acceptors (Lipinski definition) is 6. The highest BCUT2D eigenvalue weighted by atomic mass is 14.6. The number of nitrogens with two attached hydrogens (primary N) is 6. The molecule has 0 saturated carbocycles. The lowest BCUT2D eigenvalue weighted by atomic mass is 9.85. The summed E-state index contributed by atoms with van der Waals surface area (Å²) >= 11 is 0. The zero-order valence-corrected chi connectivity index (χ0v) is 29.7. The maximum Gasteiger partial charge on any atom is 0.0708 e. The zero-order valence-electron chi connectivity index (χ0n) is 29.7. The summed E-state index contributed by atoms with van der Waals surface area (Å²) in [6, 6.07) is 17.2. The first-order valence-electron chi connectivity index (χ1n) is 15.9. The zero-order chi connectivity index (χ0) is 35.8. The maximum atomic E-state index is 6.42. The van der Waals surface area contributed by atoms with Crippen molar-refractivity contribution in [3.8, 4) is 35.5 Å². The van der Waals surface area contributed by atoms with Crippen molar-refractivity contribution in [3.63, 3.8) is 0 Å². The molecule has 4 rings (SSSR count). The molecule has 0 radical (unpaired) electrons. The number of rotatable bonds is 0. The van der Waals surface area contributed by atoms with Crippen molar-refractivity contribution >= 4 is 34.1 Å². The molecule has 0 aliphatic carbocycles. The Kier molecular flexibility index (Phi) is 9.44. The molecule has 6 heteroatoms. The first kappa shape index (κ1) is 35.2. The summed E-state index contributed by atoms with van der Waals surface area (Å²) in [5, 5.41) is 0. The SMILES string of the molecule is CC(C)(C)c1cc(N)c(C#Cc2cc(C#Cc3c(N)cc(C(C)(C)C)cc3N)cc(C#Cc3c(N)cc(C(C)(C)C)cc3N)c2)c(N)c1. The van der Waals surface area contributed by atoms with E-state index in [1.54, 1.807) is 0 Å². The van der Waals surface area contributed by atoms with Gasteiger partial charge in [-0.05, 0) is 87.5 Å². The lowest BCUT2D eigenvalue weighted by Crippen LogP contribution is -2.13. The van der Waals surface area contributed by atoms with Crippen LogP contribution in [0, 0.1) is 35.5 Å². The summed E-state index contributed by atoms with van der Waals surface area (Å²) in [5.41, 5.74) is 48.3. The molecular formula is C42H48N6. The van der Waals surface area contributed by atoms with Crippen molar-refractivity contribution in [2.75, 3.05) is 34.4 Å². The van der Waals surface area contributed by atoms with E-state index in [4.69, 9.17) is 34.4 Å². The van der Waals surface area contributed by atoms with Gasteiger partial charge in [0.1, 0.15) is 0 Å². The number of anilines is 6.